The summed E-state index contributed by atoms with van der Waals surface area (Å²) < 4.78 is 5.64. The summed E-state index contributed by atoms with van der Waals surface area (Å²) >= 11 is 5.98. The van der Waals surface area contributed by atoms with Crippen molar-refractivity contribution in [2.75, 3.05) is 0 Å². The Kier molecular flexibility index (Phi) is 6.25. The van der Waals surface area contributed by atoms with Crippen molar-refractivity contribution in [2.45, 2.75) is 58.5 Å². The predicted molar refractivity (Wildman–Crippen MR) is 89.6 cm³/mol. The van der Waals surface area contributed by atoms with Crippen LogP contribution in [0, 0.1) is 6.92 Å². The molecule has 0 heterocycles. The molecule has 0 radical (unpaired) electrons. The molecule has 0 bridgehead atoms. The molecule has 1 aromatic rings. The summed E-state index contributed by atoms with van der Waals surface area (Å²) in [5.74, 6) is 0.399. The molecule has 1 saturated carbocycles. The molecular formula is C17H23ClN2O2. The van der Waals surface area contributed by atoms with Crippen molar-refractivity contribution in [1.29, 1.82) is 0 Å². The molecule has 1 N–H and O–H groups in total. The Bertz CT molecular complexity index is 548. The first-order chi connectivity index (χ1) is 10.6. The lowest BCUT2D eigenvalue weighted by atomic mass is 10.2. The average molecular weight is 323 g/mol. The summed E-state index contributed by atoms with van der Waals surface area (Å²) in [6.45, 7) is 3.62. The third-order valence-electron chi connectivity index (χ3n) is 3.82. The number of aryl methyl sites for hydroxylation is 1. The van der Waals surface area contributed by atoms with Gasteiger partial charge < -0.3 is 4.74 Å². The first-order valence-corrected chi connectivity index (χ1v) is 8.22. The highest BCUT2D eigenvalue weighted by atomic mass is 35.5. The summed E-state index contributed by atoms with van der Waals surface area (Å²) in [5, 5.41) is 4.94. The Hall–Kier alpha value is -1.55. The Morgan fingerprint density at radius 2 is 1.95 bits per heavy atom. The van der Waals surface area contributed by atoms with Gasteiger partial charge in [-0.1, -0.05) is 24.4 Å². The molecule has 1 amide bonds. The summed E-state index contributed by atoms with van der Waals surface area (Å²) in [7, 11) is 0. The average Bonchev–Trinajstić information content (AvgIpc) is 2.77. The monoisotopic (exact) mass is 322 g/mol. The molecule has 0 aliphatic heterocycles. The molecular weight excluding hydrogens is 300 g/mol. The summed E-state index contributed by atoms with van der Waals surface area (Å²) in [4.78, 5) is 12.1. The molecule has 0 saturated heterocycles. The van der Waals surface area contributed by atoms with E-state index in [4.69, 9.17) is 16.3 Å². The van der Waals surface area contributed by atoms with Crippen LogP contribution < -0.4 is 10.2 Å². The largest absolute Gasteiger partial charge is 0.481 e. The number of hydrogen-bond donors (Lipinski definition) is 1. The van der Waals surface area contributed by atoms with Crippen LogP contribution in [0.15, 0.2) is 23.3 Å². The maximum Gasteiger partial charge on any atom is 0.280 e. The Morgan fingerprint density at radius 1 is 1.27 bits per heavy atom. The van der Waals surface area contributed by atoms with E-state index in [-0.39, 0.29) is 5.91 Å². The zero-order valence-electron chi connectivity index (χ0n) is 13.2. The molecule has 1 aliphatic carbocycles. The van der Waals surface area contributed by atoms with Crippen LogP contribution in [0.4, 0.5) is 0 Å². The van der Waals surface area contributed by atoms with Crippen LogP contribution in [-0.4, -0.2) is 17.7 Å². The molecule has 1 aliphatic rings. The van der Waals surface area contributed by atoms with Crippen LogP contribution in [0.1, 0.15) is 51.0 Å². The van der Waals surface area contributed by atoms with E-state index >= 15 is 0 Å². The van der Waals surface area contributed by atoms with Crippen LogP contribution >= 0.6 is 11.6 Å². The van der Waals surface area contributed by atoms with Crippen molar-refractivity contribution < 1.29 is 9.53 Å². The molecule has 22 heavy (non-hydrogen) atoms. The minimum Gasteiger partial charge on any atom is -0.481 e. The number of hydrazone groups is 1. The second-order valence-electron chi connectivity index (χ2n) is 5.74. The van der Waals surface area contributed by atoms with Gasteiger partial charge in [-0.25, -0.2) is 5.43 Å². The number of benzene rings is 1. The van der Waals surface area contributed by atoms with E-state index < -0.39 is 6.10 Å². The van der Waals surface area contributed by atoms with Gasteiger partial charge >= 0.3 is 0 Å². The zero-order valence-corrected chi connectivity index (χ0v) is 13.9. The van der Waals surface area contributed by atoms with Crippen molar-refractivity contribution in [3.8, 4) is 5.75 Å². The highest BCUT2D eigenvalue weighted by Gasteiger charge is 2.15. The number of ether oxygens (including phenoxy) is 1. The van der Waals surface area contributed by atoms with Gasteiger partial charge in [0.15, 0.2) is 6.10 Å². The van der Waals surface area contributed by atoms with Crippen molar-refractivity contribution in [3.05, 3.63) is 28.8 Å². The summed E-state index contributed by atoms with van der Waals surface area (Å²) in [5.41, 5.74) is 4.63. The fraction of sp³-hybridized carbons (Fsp3) is 0.529. The molecule has 1 fully saturated rings. The smallest absolute Gasteiger partial charge is 0.280 e. The lowest BCUT2D eigenvalue weighted by Crippen LogP contribution is -2.34. The molecule has 0 aromatic heterocycles. The van der Waals surface area contributed by atoms with Crippen LogP contribution in [-0.2, 0) is 4.79 Å². The Morgan fingerprint density at radius 3 is 2.59 bits per heavy atom. The minimum absolute atomic E-state index is 0.232. The van der Waals surface area contributed by atoms with Crippen LogP contribution in [0.25, 0.3) is 0 Å². The lowest BCUT2D eigenvalue weighted by molar-refractivity contribution is -0.127. The van der Waals surface area contributed by atoms with Gasteiger partial charge in [-0.15, -0.1) is 0 Å². The van der Waals surface area contributed by atoms with E-state index in [2.05, 4.69) is 10.5 Å². The molecule has 1 aromatic carbocycles. The zero-order chi connectivity index (χ0) is 15.9. The minimum atomic E-state index is -0.601. The van der Waals surface area contributed by atoms with E-state index in [0.29, 0.717) is 10.8 Å². The quantitative estimate of drug-likeness (QED) is 0.665. The highest BCUT2D eigenvalue weighted by Crippen LogP contribution is 2.22. The summed E-state index contributed by atoms with van der Waals surface area (Å²) in [6.07, 6.45) is 6.17. The maximum atomic E-state index is 12.1. The van der Waals surface area contributed by atoms with E-state index in [1.165, 1.54) is 12.8 Å². The van der Waals surface area contributed by atoms with Crippen LogP contribution in [0.5, 0.6) is 5.75 Å². The van der Waals surface area contributed by atoms with E-state index in [9.17, 15) is 4.79 Å². The van der Waals surface area contributed by atoms with Gasteiger partial charge in [0.1, 0.15) is 5.75 Å². The highest BCUT2D eigenvalue weighted by molar-refractivity contribution is 6.31. The van der Waals surface area contributed by atoms with Crippen molar-refractivity contribution in [1.82, 2.24) is 5.43 Å². The second-order valence-corrected chi connectivity index (χ2v) is 6.15. The van der Waals surface area contributed by atoms with Crippen LogP contribution in [0.3, 0.4) is 0 Å². The fourth-order valence-electron chi connectivity index (χ4n) is 2.42. The third kappa shape index (κ3) is 5.02. The first-order valence-electron chi connectivity index (χ1n) is 7.84. The van der Waals surface area contributed by atoms with Gasteiger partial charge in [-0.2, -0.15) is 5.10 Å². The second kappa shape index (κ2) is 8.18. The maximum absolute atomic E-state index is 12.1. The van der Waals surface area contributed by atoms with E-state index in [1.54, 1.807) is 19.1 Å². The van der Waals surface area contributed by atoms with E-state index in [1.807, 2.05) is 13.0 Å². The lowest BCUT2D eigenvalue weighted by Gasteiger charge is -2.14. The molecule has 1 unspecified atom stereocenters. The number of rotatable bonds is 4. The molecule has 4 nitrogen and oxygen atoms in total. The van der Waals surface area contributed by atoms with Gasteiger partial charge in [-0.3, -0.25) is 4.79 Å². The van der Waals surface area contributed by atoms with Crippen molar-refractivity contribution >= 4 is 23.2 Å². The molecule has 2 rings (SSSR count). The molecule has 1 atom stereocenters. The van der Waals surface area contributed by atoms with Crippen molar-refractivity contribution in [2.24, 2.45) is 5.10 Å². The SMILES string of the molecule is Cc1cc(OC(C)C(=O)NN=C2CCCCCC2)ccc1Cl. The number of carbonyl (C=O) groups is 1. The van der Waals surface area contributed by atoms with Crippen LogP contribution in [0.2, 0.25) is 5.02 Å². The van der Waals surface area contributed by atoms with Crippen molar-refractivity contribution in [3.63, 3.8) is 0 Å². The Balaban J connectivity index is 1.88. The number of nitrogens with zero attached hydrogens (tertiary/aromatic N) is 1. The third-order valence-corrected chi connectivity index (χ3v) is 4.24. The standard InChI is InChI=1S/C17H23ClN2O2/c1-12-11-15(9-10-16(12)18)22-13(2)17(21)20-19-14-7-5-3-4-6-8-14/h9-11,13H,3-8H2,1-2H3,(H,20,21). The van der Waals surface area contributed by atoms with Gasteiger partial charge in [0, 0.05) is 10.7 Å². The number of amides is 1. The topological polar surface area (TPSA) is 50.7 Å². The van der Waals surface area contributed by atoms with E-state index in [0.717, 1.165) is 37.0 Å². The number of hydrogen-bond acceptors (Lipinski definition) is 3. The van der Waals surface area contributed by atoms with Gasteiger partial charge in [0.25, 0.3) is 5.91 Å². The first kappa shape index (κ1) is 16.8. The summed E-state index contributed by atoms with van der Waals surface area (Å²) in [6, 6.07) is 5.35. The van der Waals surface area contributed by atoms with Gasteiger partial charge in [-0.05, 0) is 63.3 Å². The normalized spacial score (nSPS) is 16.6. The molecule has 5 heteroatoms. The number of nitrogens with one attached hydrogen (secondary N) is 1. The number of halogens is 1. The number of carbonyl (C=O) groups excluding carboxylic acids is 1. The molecule has 120 valence electrons. The van der Waals surface area contributed by atoms with Gasteiger partial charge in [0.2, 0.25) is 0 Å². The molecule has 0 spiro atoms. The Labute approximate surface area is 136 Å². The van der Waals surface area contributed by atoms with Gasteiger partial charge in [0.05, 0.1) is 0 Å². The fourth-order valence-corrected chi connectivity index (χ4v) is 2.54. The predicted octanol–water partition coefficient (Wildman–Crippen LogP) is 4.24.